The summed E-state index contributed by atoms with van der Waals surface area (Å²) in [5.41, 5.74) is 0.762. The molecule has 9 heteroatoms. The average molecular weight is 519 g/mol. The highest BCUT2D eigenvalue weighted by atomic mass is 16.5. The maximum absolute atomic E-state index is 13.4. The van der Waals surface area contributed by atoms with Gasteiger partial charge in [-0.15, -0.1) is 0 Å². The first-order valence-corrected chi connectivity index (χ1v) is 13.7. The summed E-state index contributed by atoms with van der Waals surface area (Å²) < 4.78 is 8.90. The molecule has 2 aliphatic heterocycles. The third-order valence-corrected chi connectivity index (χ3v) is 10.3. The quantitative estimate of drug-likeness (QED) is 0.634. The molecular formula is C29H34N4O5. The molecule has 3 saturated carbocycles. The molecule has 7 rings (SSSR count). The number of ether oxygens (including phenoxy) is 1. The molecule has 200 valence electrons. The molecule has 0 amide bonds. The van der Waals surface area contributed by atoms with E-state index in [0.717, 1.165) is 52.8 Å². The largest absolute Gasteiger partial charge is 0.387 e. The number of para-hydroxylation sites is 1. The second-order valence-electron chi connectivity index (χ2n) is 12.8. The van der Waals surface area contributed by atoms with Gasteiger partial charge in [-0.25, -0.2) is 23.9 Å². The van der Waals surface area contributed by atoms with Crippen molar-refractivity contribution in [2.24, 2.45) is 35.2 Å². The third-order valence-electron chi connectivity index (χ3n) is 10.3. The summed E-state index contributed by atoms with van der Waals surface area (Å²) in [6.45, 7) is 5.56. The molecule has 9 nitrogen and oxygen atoms in total. The van der Waals surface area contributed by atoms with Crippen LogP contribution in [-0.4, -0.2) is 48.8 Å². The average Bonchev–Trinajstić information content (AvgIpc) is 3.45. The SMILES string of the molecule is Cn1c(=O)[nH]n(C23CC4CCC5C6=CC(=O)C(C(C)(C)O)OC6CCC5(C)C4C2=Nc2ccccc23)c1=O. The first kappa shape index (κ1) is 24.0. The molecule has 2 aromatic rings. The Morgan fingerprint density at radius 2 is 1.92 bits per heavy atom. The van der Waals surface area contributed by atoms with E-state index in [1.807, 2.05) is 24.3 Å². The number of rotatable bonds is 2. The standard InChI is InChI=1S/C29H34N4O5/c1-27(2,37)24-20(34)13-16-17-10-9-15-14-29(33-26(36)32(4)25(35)31-33)18-7-5-6-8-19(18)30-23(29)22(15)28(17,3)12-11-21(16)38-24/h5-8,13,15,17,21-22,24,37H,9-12,14H2,1-4H3,(H,31,35). The van der Waals surface area contributed by atoms with Gasteiger partial charge >= 0.3 is 11.4 Å². The Balaban J connectivity index is 1.36. The van der Waals surface area contributed by atoms with Gasteiger partial charge in [0.1, 0.15) is 11.6 Å². The first-order valence-electron chi connectivity index (χ1n) is 13.7. The minimum absolute atomic E-state index is 0.0909. The van der Waals surface area contributed by atoms with Gasteiger partial charge < -0.3 is 9.84 Å². The zero-order valence-corrected chi connectivity index (χ0v) is 22.2. The van der Waals surface area contributed by atoms with Crippen LogP contribution < -0.4 is 11.4 Å². The Morgan fingerprint density at radius 1 is 1.16 bits per heavy atom. The number of aromatic amines is 1. The monoisotopic (exact) mass is 518 g/mol. The van der Waals surface area contributed by atoms with Crippen LogP contribution in [0.15, 0.2) is 50.5 Å². The van der Waals surface area contributed by atoms with Crippen molar-refractivity contribution in [2.45, 2.75) is 76.2 Å². The van der Waals surface area contributed by atoms with Gasteiger partial charge in [0.25, 0.3) is 0 Å². The zero-order valence-electron chi connectivity index (χ0n) is 22.2. The van der Waals surface area contributed by atoms with Crippen molar-refractivity contribution in [1.82, 2.24) is 14.3 Å². The second-order valence-corrected chi connectivity index (χ2v) is 12.8. The zero-order chi connectivity index (χ0) is 26.8. The van der Waals surface area contributed by atoms with Crippen molar-refractivity contribution in [3.05, 3.63) is 62.4 Å². The van der Waals surface area contributed by atoms with Crippen LogP contribution in [0, 0.1) is 23.2 Å². The summed E-state index contributed by atoms with van der Waals surface area (Å²) in [5, 5.41) is 13.4. The summed E-state index contributed by atoms with van der Waals surface area (Å²) in [6.07, 6.45) is 4.94. The van der Waals surface area contributed by atoms with E-state index in [9.17, 15) is 19.5 Å². The fraction of sp³-hybridized carbons (Fsp3) is 0.586. The van der Waals surface area contributed by atoms with E-state index >= 15 is 0 Å². The molecule has 1 aromatic heterocycles. The van der Waals surface area contributed by atoms with Gasteiger partial charge in [0, 0.05) is 18.5 Å². The smallest absolute Gasteiger partial charge is 0.347 e. The van der Waals surface area contributed by atoms with E-state index in [-0.39, 0.29) is 34.8 Å². The maximum atomic E-state index is 13.4. The van der Waals surface area contributed by atoms with Gasteiger partial charge in [-0.2, -0.15) is 0 Å². The lowest BCUT2D eigenvalue weighted by atomic mass is 9.51. The minimum Gasteiger partial charge on any atom is -0.387 e. The predicted octanol–water partition coefficient (Wildman–Crippen LogP) is 2.58. The number of aromatic nitrogens is 3. The topological polar surface area (TPSA) is 119 Å². The Labute approximate surface area is 220 Å². The van der Waals surface area contributed by atoms with E-state index in [0.29, 0.717) is 12.3 Å². The van der Waals surface area contributed by atoms with Crippen LogP contribution in [0.25, 0.3) is 0 Å². The van der Waals surface area contributed by atoms with Gasteiger partial charge in [-0.05, 0) is 80.9 Å². The molecule has 0 radical (unpaired) electrons. The summed E-state index contributed by atoms with van der Waals surface area (Å²) in [7, 11) is 1.50. The van der Waals surface area contributed by atoms with Crippen molar-refractivity contribution in [1.29, 1.82) is 0 Å². The summed E-state index contributed by atoms with van der Waals surface area (Å²) in [5.74, 6) is 0.353. The predicted molar refractivity (Wildman–Crippen MR) is 141 cm³/mol. The number of fused-ring (bicyclic) bond motifs is 9. The van der Waals surface area contributed by atoms with Crippen molar-refractivity contribution in [2.75, 3.05) is 0 Å². The van der Waals surface area contributed by atoms with Crippen LogP contribution in [0.1, 0.15) is 58.4 Å². The van der Waals surface area contributed by atoms with Crippen molar-refractivity contribution < 1.29 is 14.6 Å². The lowest BCUT2D eigenvalue weighted by Crippen LogP contribution is -2.55. The van der Waals surface area contributed by atoms with Gasteiger partial charge in [0.2, 0.25) is 0 Å². The van der Waals surface area contributed by atoms with Crippen LogP contribution in [0.2, 0.25) is 0 Å². The Kier molecular flexibility index (Phi) is 4.77. The number of benzene rings is 1. The van der Waals surface area contributed by atoms with E-state index in [1.165, 1.54) is 11.7 Å². The van der Waals surface area contributed by atoms with E-state index < -0.39 is 22.9 Å². The Morgan fingerprint density at radius 3 is 2.63 bits per heavy atom. The molecule has 0 saturated heterocycles. The summed E-state index contributed by atoms with van der Waals surface area (Å²) in [4.78, 5) is 44.2. The molecule has 3 fully saturated rings. The number of nitrogens with zero attached hydrogens (tertiary/aromatic N) is 3. The van der Waals surface area contributed by atoms with E-state index in [1.54, 1.807) is 19.9 Å². The number of nitrogens with one attached hydrogen (secondary N) is 1. The van der Waals surface area contributed by atoms with Gasteiger partial charge in [0.15, 0.2) is 5.78 Å². The molecule has 0 spiro atoms. The first-order chi connectivity index (χ1) is 18.0. The van der Waals surface area contributed by atoms with Crippen LogP contribution in [0.5, 0.6) is 0 Å². The summed E-state index contributed by atoms with van der Waals surface area (Å²) in [6, 6.07) is 7.94. The highest BCUT2D eigenvalue weighted by Crippen LogP contribution is 2.66. The van der Waals surface area contributed by atoms with Crippen molar-refractivity contribution >= 4 is 17.2 Å². The number of H-pyrrole nitrogens is 1. The number of hydrogen-bond acceptors (Lipinski definition) is 6. The van der Waals surface area contributed by atoms with Crippen molar-refractivity contribution in [3.63, 3.8) is 0 Å². The summed E-state index contributed by atoms with van der Waals surface area (Å²) >= 11 is 0. The molecule has 7 unspecified atom stereocenters. The lowest BCUT2D eigenvalue weighted by Gasteiger charge is -2.55. The Hall–Kier alpha value is -3.04. The second kappa shape index (κ2) is 7.54. The highest BCUT2D eigenvalue weighted by Gasteiger charge is 2.66. The van der Waals surface area contributed by atoms with Crippen LogP contribution in [-0.2, 0) is 22.1 Å². The molecular weight excluding hydrogens is 484 g/mol. The van der Waals surface area contributed by atoms with Gasteiger partial charge in [0.05, 0.1) is 23.1 Å². The number of aliphatic imine (C=N–C) groups is 1. The number of hydrogen-bond donors (Lipinski definition) is 2. The molecule has 3 heterocycles. The van der Waals surface area contributed by atoms with Crippen LogP contribution >= 0.6 is 0 Å². The molecule has 1 aromatic carbocycles. The van der Waals surface area contributed by atoms with Gasteiger partial charge in [-0.3, -0.25) is 9.79 Å². The Bertz CT molecular complexity index is 1550. The number of carbonyl (C=O) groups excluding carboxylic acids is 1. The molecule has 3 aliphatic carbocycles. The fourth-order valence-corrected chi connectivity index (χ4v) is 8.67. The third kappa shape index (κ3) is 2.89. The number of aliphatic hydroxyl groups is 1. The minimum atomic E-state index is -1.24. The normalized spacial score (nSPS) is 37.5. The highest BCUT2D eigenvalue weighted by molar-refractivity contribution is 6.05. The van der Waals surface area contributed by atoms with E-state index in [2.05, 4.69) is 12.0 Å². The molecule has 7 atom stereocenters. The molecule has 2 N–H and O–H groups in total. The van der Waals surface area contributed by atoms with Gasteiger partial charge in [-0.1, -0.05) is 25.1 Å². The van der Waals surface area contributed by atoms with E-state index in [4.69, 9.17) is 9.73 Å². The number of carbonyl (C=O) groups is 1. The molecule has 0 bridgehead atoms. The van der Waals surface area contributed by atoms with Crippen LogP contribution in [0.3, 0.4) is 0 Å². The molecule has 5 aliphatic rings. The number of ketones is 1. The van der Waals surface area contributed by atoms with Crippen molar-refractivity contribution in [3.8, 4) is 0 Å². The fourth-order valence-electron chi connectivity index (χ4n) is 8.67. The lowest BCUT2D eigenvalue weighted by molar-refractivity contribution is -0.159. The molecule has 38 heavy (non-hydrogen) atoms. The maximum Gasteiger partial charge on any atom is 0.347 e. The van der Waals surface area contributed by atoms with Crippen LogP contribution in [0.4, 0.5) is 5.69 Å².